The van der Waals surface area contributed by atoms with Crippen LogP contribution in [0.4, 0.5) is 0 Å². The zero-order valence-corrected chi connectivity index (χ0v) is 8.79. The molecule has 0 heterocycles. The molecule has 0 fully saturated rings. The minimum absolute atomic E-state index is 0.00538. The van der Waals surface area contributed by atoms with Crippen LogP contribution in [0, 0.1) is 5.92 Å². The molecule has 3 heteroatoms. The van der Waals surface area contributed by atoms with E-state index in [1.807, 2.05) is 20.8 Å². The quantitative estimate of drug-likeness (QED) is 0.487. The second-order valence-electron chi connectivity index (χ2n) is 3.68. The van der Waals surface area contributed by atoms with Crippen molar-refractivity contribution in [3.8, 4) is 0 Å². The van der Waals surface area contributed by atoms with Gasteiger partial charge in [-0.25, -0.2) is 0 Å². The van der Waals surface area contributed by atoms with E-state index < -0.39 is 5.60 Å². The van der Waals surface area contributed by atoms with E-state index in [0.29, 0.717) is 12.7 Å². The van der Waals surface area contributed by atoms with Crippen molar-refractivity contribution >= 4 is 12.3 Å². The molecule has 0 aromatic heterocycles. The number of esters is 1. The van der Waals surface area contributed by atoms with Crippen LogP contribution in [0.1, 0.15) is 40.5 Å². The Morgan fingerprint density at radius 3 is 2.38 bits per heavy atom. The number of ether oxygens (including phenoxy) is 1. The van der Waals surface area contributed by atoms with Crippen LogP contribution in [0.3, 0.4) is 0 Å². The Morgan fingerprint density at radius 1 is 1.54 bits per heavy atom. The predicted molar refractivity (Wildman–Crippen MR) is 50.3 cm³/mol. The van der Waals surface area contributed by atoms with Crippen molar-refractivity contribution in [1.82, 2.24) is 0 Å². The van der Waals surface area contributed by atoms with Crippen molar-refractivity contribution in [2.75, 3.05) is 0 Å². The van der Waals surface area contributed by atoms with E-state index in [-0.39, 0.29) is 11.9 Å². The van der Waals surface area contributed by atoms with Crippen LogP contribution < -0.4 is 0 Å². The third-order valence-corrected chi connectivity index (χ3v) is 2.17. The fourth-order valence-corrected chi connectivity index (χ4v) is 0.778. The minimum Gasteiger partial charge on any atom is -0.451 e. The Kier molecular flexibility index (Phi) is 4.67. The number of rotatable bonds is 5. The smallest absolute Gasteiger partial charge is 0.306 e. The van der Waals surface area contributed by atoms with Gasteiger partial charge >= 0.3 is 5.97 Å². The summed E-state index contributed by atoms with van der Waals surface area (Å²) in [6.45, 7) is 7.24. The third kappa shape index (κ3) is 3.57. The van der Waals surface area contributed by atoms with Crippen molar-refractivity contribution in [1.29, 1.82) is 0 Å². The Labute approximate surface area is 79.5 Å². The minimum atomic E-state index is -0.966. The first-order valence-corrected chi connectivity index (χ1v) is 4.64. The SMILES string of the molecule is CCCC(=O)OC(C)(C=O)C(C)C. The van der Waals surface area contributed by atoms with E-state index in [9.17, 15) is 9.59 Å². The second kappa shape index (κ2) is 5.00. The van der Waals surface area contributed by atoms with Crippen LogP contribution in [0.2, 0.25) is 0 Å². The molecule has 0 spiro atoms. The Bertz CT molecular complexity index is 187. The van der Waals surface area contributed by atoms with Gasteiger partial charge in [-0.1, -0.05) is 20.8 Å². The van der Waals surface area contributed by atoms with Crippen LogP contribution in [0.25, 0.3) is 0 Å². The molecular weight excluding hydrogens is 168 g/mol. The highest BCUT2D eigenvalue weighted by Crippen LogP contribution is 2.19. The van der Waals surface area contributed by atoms with E-state index in [1.165, 1.54) is 0 Å². The van der Waals surface area contributed by atoms with Crippen molar-refractivity contribution in [3.05, 3.63) is 0 Å². The maximum absolute atomic E-state index is 11.1. The first-order valence-electron chi connectivity index (χ1n) is 4.64. The monoisotopic (exact) mass is 186 g/mol. The number of hydrogen-bond acceptors (Lipinski definition) is 3. The van der Waals surface area contributed by atoms with Crippen LogP contribution in [-0.4, -0.2) is 17.9 Å². The van der Waals surface area contributed by atoms with Gasteiger partial charge in [0, 0.05) is 6.42 Å². The van der Waals surface area contributed by atoms with E-state index >= 15 is 0 Å². The molecule has 0 aromatic carbocycles. The first-order chi connectivity index (χ1) is 5.96. The summed E-state index contributed by atoms with van der Waals surface area (Å²) in [6, 6.07) is 0. The largest absolute Gasteiger partial charge is 0.451 e. The molecule has 0 radical (unpaired) electrons. The van der Waals surface area contributed by atoms with Crippen LogP contribution in [0.5, 0.6) is 0 Å². The third-order valence-electron chi connectivity index (χ3n) is 2.17. The number of carbonyl (C=O) groups is 2. The number of aldehydes is 1. The standard InChI is InChI=1S/C10H18O3/c1-5-6-9(12)13-10(4,7-11)8(2)3/h7-8H,5-6H2,1-4H3. The lowest BCUT2D eigenvalue weighted by molar-refractivity contribution is -0.165. The van der Waals surface area contributed by atoms with Gasteiger partial charge in [-0.2, -0.15) is 0 Å². The van der Waals surface area contributed by atoms with Crippen LogP contribution in [0.15, 0.2) is 0 Å². The molecule has 0 amide bonds. The topological polar surface area (TPSA) is 43.4 Å². The van der Waals surface area contributed by atoms with Crippen molar-refractivity contribution in [3.63, 3.8) is 0 Å². The molecule has 3 nitrogen and oxygen atoms in total. The highest BCUT2D eigenvalue weighted by molar-refractivity contribution is 5.74. The normalized spacial score (nSPS) is 15.2. The molecule has 0 bridgehead atoms. The van der Waals surface area contributed by atoms with E-state index in [0.717, 1.165) is 6.42 Å². The van der Waals surface area contributed by atoms with Crippen molar-refractivity contribution < 1.29 is 14.3 Å². The van der Waals surface area contributed by atoms with Gasteiger partial charge in [0.15, 0.2) is 11.9 Å². The zero-order chi connectivity index (χ0) is 10.5. The summed E-state index contributed by atoms with van der Waals surface area (Å²) in [7, 11) is 0. The van der Waals surface area contributed by atoms with E-state index in [4.69, 9.17) is 4.74 Å². The van der Waals surface area contributed by atoms with Crippen molar-refractivity contribution in [2.24, 2.45) is 5.92 Å². The summed E-state index contributed by atoms with van der Waals surface area (Å²) in [4.78, 5) is 21.9. The lowest BCUT2D eigenvalue weighted by Gasteiger charge is -2.27. The summed E-state index contributed by atoms with van der Waals surface area (Å²) in [5, 5.41) is 0. The molecule has 1 unspecified atom stereocenters. The Balaban J connectivity index is 4.27. The summed E-state index contributed by atoms with van der Waals surface area (Å²) in [5.74, 6) is -0.295. The van der Waals surface area contributed by atoms with Gasteiger partial charge in [-0.3, -0.25) is 9.59 Å². The van der Waals surface area contributed by atoms with Gasteiger partial charge in [0.25, 0.3) is 0 Å². The molecule has 0 aromatic rings. The fraction of sp³-hybridized carbons (Fsp3) is 0.800. The van der Waals surface area contributed by atoms with Crippen molar-refractivity contribution in [2.45, 2.75) is 46.1 Å². The van der Waals surface area contributed by atoms with E-state index in [1.54, 1.807) is 6.92 Å². The molecule has 13 heavy (non-hydrogen) atoms. The molecule has 0 aliphatic rings. The predicted octanol–water partition coefficient (Wildman–Crippen LogP) is 1.94. The molecule has 0 saturated carbocycles. The highest BCUT2D eigenvalue weighted by Gasteiger charge is 2.31. The second-order valence-corrected chi connectivity index (χ2v) is 3.68. The van der Waals surface area contributed by atoms with Gasteiger partial charge in [-0.05, 0) is 19.3 Å². The van der Waals surface area contributed by atoms with Gasteiger partial charge in [0.05, 0.1) is 0 Å². The molecule has 0 saturated heterocycles. The van der Waals surface area contributed by atoms with Gasteiger partial charge in [0.1, 0.15) is 0 Å². The first kappa shape index (κ1) is 12.1. The summed E-state index contributed by atoms with van der Waals surface area (Å²) >= 11 is 0. The average molecular weight is 186 g/mol. The van der Waals surface area contributed by atoms with Gasteiger partial charge in [-0.15, -0.1) is 0 Å². The summed E-state index contributed by atoms with van der Waals surface area (Å²) in [6.07, 6.45) is 1.81. The van der Waals surface area contributed by atoms with Gasteiger partial charge < -0.3 is 4.74 Å². The summed E-state index contributed by atoms with van der Waals surface area (Å²) < 4.78 is 5.08. The molecular formula is C10H18O3. The summed E-state index contributed by atoms with van der Waals surface area (Å²) in [5.41, 5.74) is -0.966. The van der Waals surface area contributed by atoms with Gasteiger partial charge in [0.2, 0.25) is 0 Å². The number of carbonyl (C=O) groups excluding carboxylic acids is 2. The lowest BCUT2D eigenvalue weighted by atomic mass is 9.94. The maximum atomic E-state index is 11.1. The Hall–Kier alpha value is -0.860. The maximum Gasteiger partial charge on any atom is 0.306 e. The average Bonchev–Trinajstić information content (AvgIpc) is 2.04. The Morgan fingerprint density at radius 2 is 2.08 bits per heavy atom. The number of hydrogen-bond donors (Lipinski definition) is 0. The molecule has 76 valence electrons. The molecule has 0 rings (SSSR count). The molecule has 0 aliphatic heterocycles. The molecule has 1 atom stereocenters. The lowest BCUT2D eigenvalue weighted by Crippen LogP contribution is -2.38. The zero-order valence-electron chi connectivity index (χ0n) is 8.79. The van der Waals surface area contributed by atoms with E-state index in [2.05, 4.69) is 0 Å². The molecule has 0 aliphatic carbocycles. The van der Waals surface area contributed by atoms with Crippen LogP contribution >= 0.6 is 0 Å². The highest BCUT2D eigenvalue weighted by atomic mass is 16.6. The fourth-order valence-electron chi connectivity index (χ4n) is 0.778. The van der Waals surface area contributed by atoms with Crippen LogP contribution in [-0.2, 0) is 14.3 Å². The molecule has 0 N–H and O–H groups in total.